The topological polar surface area (TPSA) is 98.7 Å². The number of nitrogens with zero attached hydrogens (tertiary/aromatic N) is 4. The van der Waals surface area contributed by atoms with Gasteiger partial charge in [-0.05, 0) is 26.0 Å². The standard InChI is InChI=1S/C17H15N5O3/c1-10-13(11(2)25-20-10)8-21-16(23)14-15(19-9-18-14)22(17(21)24)12-6-4-3-5-7-12/h3-7,9H,8H2,1-2H3,(H,18,19). The minimum absolute atomic E-state index is 0.0840. The number of aryl methyl sites for hydroxylation is 2. The van der Waals surface area contributed by atoms with E-state index in [-0.39, 0.29) is 12.1 Å². The van der Waals surface area contributed by atoms with Crippen LogP contribution in [-0.2, 0) is 6.54 Å². The van der Waals surface area contributed by atoms with Crippen molar-refractivity contribution in [2.24, 2.45) is 0 Å². The predicted octanol–water partition coefficient (Wildman–Crippen LogP) is 1.53. The molecule has 3 aromatic heterocycles. The molecule has 1 N–H and O–H groups in total. The summed E-state index contributed by atoms with van der Waals surface area (Å²) in [6.07, 6.45) is 1.41. The van der Waals surface area contributed by atoms with Crippen molar-refractivity contribution in [1.82, 2.24) is 24.3 Å². The zero-order valence-corrected chi connectivity index (χ0v) is 13.7. The second-order valence-corrected chi connectivity index (χ2v) is 5.75. The van der Waals surface area contributed by atoms with E-state index in [4.69, 9.17) is 4.52 Å². The molecule has 0 unspecified atom stereocenters. The van der Waals surface area contributed by atoms with E-state index in [0.717, 1.165) is 5.56 Å². The Labute approximate surface area is 141 Å². The van der Waals surface area contributed by atoms with E-state index >= 15 is 0 Å². The van der Waals surface area contributed by atoms with Gasteiger partial charge in [-0.2, -0.15) is 0 Å². The summed E-state index contributed by atoms with van der Waals surface area (Å²) in [7, 11) is 0. The van der Waals surface area contributed by atoms with Crippen LogP contribution in [0.2, 0.25) is 0 Å². The van der Waals surface area contributed by atoms with E-state index in [1.165, 1.54) is 15.5 Å². The van der Waals surface area contributed by atoms with Crippen LogP contribution in [0.5, 0.6) is 0 Å². The van der Waals surface area contributed by atoms with Crippen molar-refractivity contribution in [2.75, 3.05) is 0 Å². The summed E-state index contributed by atoms with van der Waals surface area (Å²) in [4.78, 5) is 32.8. The molecule has 126 valence electrons. The summed E-state index contributed by atoms with van der Waals surface area (Å²) in [6, 6.07) is 9.09. The molecule has 0 amide bonds. The molecule has 0 bridgehead atoms. The van der Waals surface area contributed by atoms with Crippen molar-refractivity contribution < 1.29 is 4.52 Å². The quantitative estimate of drug-likeness (QED) is 0.611. The number of aromatic nitrogens is 5. The summed E-state index contributed by atoms with van der Waals surface area (Å²) in [5.41, 5.74) is 1.70. The van der Waals surface area contributed by atoms with Crippen molar-refractivity contribution >= 4 is 11.2 Å². The molecule has 8 heteroatoms. The lowest BCUT2D eigenvalue weighted by molar-refractivity contribution is 0.392. The minimum atomic E-state index is -0.462. The fourth-order valence-corrected chi connectivity index (χ4v) is 2.88. The Balaban J connectivity index is 2.03. The number of H-pyrrole nitrogens is 1. The van der Waals surface area contributed by atoms with E-state index < -0.39 is 11.2 Å². The predicted molar refractivity (Wildman–Crippen MR) is 91.0 cm³/mol. The molecule has 0 aliphatic rings. The van der Waals surface area contributed by atoms with E-state index in [0.29, 0.717) is 22.8 Å². The molecule has 4 rings (SSSR count). The van der Waals surface area contributed by atoms with Gasteiger partial charge in [0.2, 0.25) is 0 Å². The van der Waals surface area contributed by atoms with E-state index in [2.05, 4.69) is 15.1 Å². The molecule has 3 heterocycles. The highest BCUT2D eigenvalue weighted by atomic mass is 16.5. The molecule has 0 fully saturated rings. The average molecular weight is 337 g/mol. The highest BCUT2D eigenvalue weighted by Crippen LogP contribution is 2.14. The van der Waals surface area contributed by atoms with Gasteiger partial charge in [0.05, 0.1) is 24.3 Å². The van der Waals surface area contributed by atoms with Crippen molar-refractivity contribution in [3.63, 3.8) is 0 Å². The second-order valence-electron chi connectivity index (χ2n) is 5.75. The summed E-state index contributed by atoms with van der Waals surface area (Å²) >= 11 is 0. The first-order valence-corrected chi connectivity index (χ1v) is 7.74. The Morgan fingerprint density at radius 2 is 1.92 bits per heavy atom. The summed E-state index contributed by atoms with van der Waals surface area (Å²) in [5, 5.41) is 3.89. The zero-order chi connectivity index (χ0) is 17.6. The van der Waals surface area contributed by atoms with Crippen LogP contribution in [0.25, 0.3) is 16.9 Å². The number of nitrogens with one attached hydrogen (secondary N) is 1. The largest absolute Gasteiger partial charge is 0.361 e. The Bertz CT molecular complexity index is 1160. The van der Waals surface area contributed by atoms with Gasteiger partial charge in [0.1, 0.15) is 11.3 Å². The van der Waals surface area contributed by atoms with Gasteiger partial charge in [0, 0.05) is 5.56 Å². The fraction of sp³-hybridized carbons (Fsp3) is 0.176. The van der Waals surface area contributed by atoms with Crippen LogP contribution in [-0.4, -0.2) is 24.3 Å². The third kappa shape index (κ3) is 2.30. The van der Waals surface area contributed by atoms with Crippen molar-refractivity contribution in [3.8, 4) is 5.69 Å². The zero-order valence-electron chi connectivity index (χ0n) is 13.7. The lowest BCUT2D eigenvalue weighted by Crippen LogP contribution is -2.40. The molecule has 0 atom stereocenters. The van der Waals surface area contributed by atoms with Gasteiger partial charge >= 0.3 is 5.69 Å². The van der Waals surface area contributed by atoms with Crippen LogP contribution < -0.4 is 11.2 Å². The molecule has 0 aliphatic heterocycles. The number of aromatic amines is 1. The Morgan fingerprint density at radius 1 is 1.16 bits per heavy atom. The highest BCUT2D eigenvalue weighted by molar-refractivity contribution is 5.71. The Morgan fingerprint density at radius 3 is 2.60 bits per heavy atom. The average Bonchev–Trinajstić information content (AvgIpc) is 3.21. The highest BCUT2D eigenvalue weighted by Gasteiger charge is 2.19. The van der Waals surface area contributed by atoms with Gasteiger partial charge in [-0.25, -0.2) is 14.3 Å². The lowest BCUT2D eigenvalue weighted by atomic mass is 10.2. The molecule has 1 aromatic carbocycles. The van der Waals surface area contributed by atoms with Crippen molar-refractivity contribution in [1.29, 1.82) is 0 Å². The number of rotatable bonds is 3. The van der Waals surface area contributed by atoms with Gasteiger partial charge in [-0.1, -0.05) is 23.4 Å². The third-order valence-corrected chi connectivity index (χ3v) is 4.22. The minimum Gasteiger partial charge on any atom is -0.361 e. The fourth-order valence-electron chi connectivity index (χ4n) is 2.88. The first kappa shape index (κ1) is 15.1. The van der Waals surface area contributed by atoms with Gasteiger partial charge in [-0.3, -0.25) is 9.36 Å². The van der Waals surface area contributed by atoms with Gasteiger partial charge in [0.15, 0.2) is 5.65 Å². The van der Waals surface area contributed by atoms with Crippen LogP contribution in [0.3, 0.4) is 0 Å². The van der Waals surface area contributed by atoms with E-state index in [1.807, 2.05) is 18.2 Å². The molecule has 0 spiro atoms. The van der Waals surface area contributed by atoms with Crippen LogP contribution in [0.15, 0.2) is 50.8 Å². The van der Waals surface area contributed by atoms with Crippen molar-refractivity contribution in [3.05, 3.63) is 74.5 Å². The van der Waals surface area contributed by atoms with Crippen LogP contribution in [0.1, 0.15) is 17.0 Å². The molecular formula is C17H15N5O3. The van der Waals surface area contributed by atoms with Gasteiger partial charge in [0.25, 0.3) is 5.56 Å². The number of para-hydroxylation sites is 1. The Hall–Kier alpha value is -3.42. The van der Waals surface area contributed by atoms with Gasteiger partial charge in [-0.15, -0.1) is 0 Å². The van der Waals surface area contributed by atoms with E-state index in [9.17, 15) is 9.59 Å². The summed E-state index contributed by atoms with van der Waals surface area (Å²) in [6.45, 7) is 3.62. The molecule has 0 radical (unpaired) electrons. The first-order valence-electron chi connectivity index (χ1n) is 7.74. The molecule has 8 nitrogen and oxygen atoms in total. The maximum Gasteiger partial charge on any atom is 0.337 e. The second kappa shape index (κ2) is 5.59. The number of hydrogen-bond donors (Lipinski definition) is 1. The van der Waals surface area contributed by atoms with Crippen LogP contribution >= 0.6 is 0 Å². The maximum absolute atomic E-state index is 13.1. The normalized spacial score (nSPS) is 11.3. The monoisotopic (exact) mass is 337 g/mol. The Kier molecular flexibility index (Phi) is 3.38. The number of imidazole rings is 1. The maximum atomic E-state index is 13.1. The first-order chi connectivity index (χ1) is 12.1. The molecule has 25 heavy (non-hydrogen) atoms. The van der Waals surface area contributed by atoms with Crippen LogP contribution in [0, 0.1) is 13.8 Å². The molecule has 0 saturated carbocycles. The van der Waals surface area contributed by atoms with Crippen LogP contribution in [0.4, 0.5) is 0 Å². The molecule has 4 aromatic rings. The molecule has 0 aliphatic carbocycles. The van der Waals surface area contributed by atoms with E-state index in [1.54, 1.807) is 26.0 Å². The smallest absolute Gasteiger partial charge is 0.337 e. The SMILES string of the molecule is Cc1noc(C)c1Cn1c(=O)c2[nH]cnc2n(-c2ccccc2)c1=O. The molecular weight excluding hydrogens is 322 g/mol. The summed E-state index contributed by atoms with van der Waals surface area (Å²) in [5.74, 6) is 0.583. The summed E-state index contributed by atoms with van der Waals surface area (Å²) < 4.78 is 7.73. The van der Waals surface area contributed by atoms with Gasteiger partial charge < -0.3 is 9.51 Å². The van der Waals surface area contributed by atoms with Crippen molar-refractivity contribution in [2.45, 2.75) is 20.4 Å². The number of fused-ring (bicyclic) bond motifs is 1. The third-order valence-electron chi connectivity index (χ3n) is 4.22. The number of hydrogen-bond acceptors (Lipinski definition) is 5. The molecule has 0 saturated heterocycles. The lowest BCUT2D eigenvalue weighted by Gasteiger charge is -2.11. The number of benzene rings is 1.